The van der Waals surface area contributed by atoms with Crippen molar-refractivity contribution in [3.63, 3.8) is 0 Å². The molecule has 4 aromatic rings. The van der Waals surface area contributed by atoms with Crippen LogP contribution in [0, 0.1) is 0 Å². The molecule has 0 atom stereocenters. The van der Waals surface area contributed by atoms with Crippen LogP contribution in [0.5, 0.6) is 5.75 Å². The summed E-state index contributed by atoms with van der Waals surface area (Å²) < 4.78 is 10.6. The highest BCUT2D eigenvalue weighted by Crippen LogP contribution is 2.36. The Bertz CT molecular complexity index is 1260. The lowest BCUT2D eigenvalue weighted by atomic mass is 10.0. The molecule has 0 aliphatic rings. The second-order valence-corrected chi connectivity index (χ2v) is 8.50. The molecule has 0 aliphatic carbocycles. The normalized spacial score (nSPS) is 10.5. The van der Waals surface area contributed by atoms with Crippen LogP contribution in [0.1, 0.15) is 22.8 Å². The molecule has 0 saturated heterocycles. The van der Waals surface area contributed by atoms with E-state index in [0.717, 1.165) is 28.7 Å². The van der Waals surface area contributed by atoms with E-state index in [0.29, 0.717) is 16.3 Å². The fourth-order valence-corrected chi connectivity index (χ4v) is 4.55. The topological polar surface area (TPSA) is 64.6 Å². The first-order valence-corrected chi connectivity index (χ1v) is 11.8. The SMILES string of the molecule is CCc1ccc(-c2csc(NC(=O)COc3ccc(-c4ccccc4)cc3)c2C(=O)OC)cc1. The van der Waals surface area contributed by atoms with Crippen molar-refractivity contribution >= 4 is 28.2 Å². The number of nitrogens with one attached hydrogen (secondary N) is 1. The second-order valence-electron chi connectivity index (χ2n) is 7.62. The van der Waals surface area contributed by atoms with Gasteiger partial charge in [-0.25, -0.2) is 4.79 Å². The van der Waals surface area contributed by atoms with Gasteiger partial charge in [0.25, 0.3) is 5.91 Å². The number of methoxy groups -OCH3 is 1. The molecule has 0 aliphatic heterocycles. The van der Waals surface area contributed by atoms with Gasteiger partial charge in [-0.1, -0.05) is 73.7 Å². The first kappa shape index (κ1) is 23.3. The number of amides is 1. The summed E-state index contributed by atoms with van der Waals surface area (Å²) in [7, 11) is 1.33. The molecule has 4 rings (SSSR count). The van der Waals surface area contributed by atoms with Crippen LogP contribution in [0.2, 0.25) is 0 Å². The van der Waals surface area contributed by atoms with Crippen molar-refractivity contribution in [1.29, 1.82) is 0 Å². The Morgan fingerprint density at radius 1 is 0.853 bits per heavy atom. The molecule has 34 heavy (non-hydrogen) atoms. The molecule has 1 amide bonds. The van der Waals surface area contributed by atoms with Crippen molar-refractivity contribution in [2.45, 2.75) is 13.3 Å². The molecule has 0 spiro atoms. The van der Waals surface area contributed by atoms with Gasteiger partial charge in [-0.2, -0.15) is 0 Å². The van der Waals surface area contributed by atoms with Gasteiger partial charge >= 0.3 is 5.97 Å². The monoisotopic (exact) mass is 471 g/mol. The Balaban J connectivity index is 1.44. The van der Waals surface area contributed by atoms with Crippen LogP contribution in [0.4, 0.5) is 5.00 Å². The van der Waals surface area contributed by atoms with E-state index in [1.807, 2.05) is 84.2 Å². The van der Waals surface area contributed by atoms with Gasteiger partial charge in [0.15, 0.2) is 6.61 Å². The highest BCUT2D eigenvalue weighted by atomic mass is 32.1. The van der Waals surface area contributed by atoms with Crippen LogP contribution >= 0.6 is 11.3 Å². The smallest absolute Gasteiger partial charge is 0.341 e. The number of anilines is 1. The lowest BCUT2D eigenvalue weighted by molar-refractivity contribution is -0.118. The van der Waals surface area contributed by atoms with Crippen molar-refractivity contribution in [1.82, 2.24) is 0 Å². The lowest BCUT2D eigenvalue weighted by Crippen LogP contribution is -2.21. The Labute approximate surface area is 203 Å². The number of thiophene rings is 1. The molecule has 0 bridgehead atoms. The number of carbonyl (C=O) groups excluding carboxylic acids is 2. The van der Waals surface area contributed by atoms with Crippen LogP contribution < -0.4 is 10.1 Å². The van der Waals surface area contributed by atoms with Crippen LogP contribution in [0.25, 0.3) is 22.3 Å². The number of hydrogen-bond donors (Lipinski definition) is 1. The van der Waals surface area contributed by atoms with Gasteiger partial charge in [0.2, 0.25) is 0 Å². The van der Waals surface area contributed by atoms with Crippen LogP contribution in [0.15, 0.2) is 84.2 Å². The molecule has 1 heterocycles. The first-order chi connectivity index (χ1) is 16.6. The predicted octanol–water partition coefficient (Wildman–Crippen LogP) is 6.45. The zero-order chi connectivity index (χ0) is 23.9. The minimum absolute atomic E-state index is 0.177. The maximum atomic E-state index is 12.6. The van der Waals surface area contributed by atoms with E-state index in [2.05, 4.69) is 12.2 Å². The van der Waals surface area contributed by atoms with Crippen molar-refractivity contribution in [3.8, 4) is 28.0 Å². The summed E-state index contributed by atoms with van der Waals surface area (Å²) in [5, 5.41) is 5.09. The number of aryl methyl sites for hydroxylation is 1. The maximum Gasteiger partial charge on any atom is 0.341 e. The quantitative estimate of drug-likeness (QED) is 0.300. The molecule has 0 unspecified atom stereocenters. The van der Waals surface area contributed by atoms with Crippen molar-refractivity contribution in [2.75, 3.05) is 19.0 Å². The number of carbonyl (C=O) groups is 2. The number of esters is 1. The molecule has 172 valence electrons. The second kappa shape index (κ2) is 10.8. The molecule has 5 nitrogen and oxygen atoms in total. The van der Waals surface area contributed by atoms with E-state index in [9.17, 15) is 9.59 Å². The van der Waals surface area contributed by atoms with E-state index in [-0.39, 0.29) is 12.5 Å². The molecule has 1 N–H and O–H groups in total. The Hall–Kier alpha value is -3.90. The van der Waals surface area contributed by atoms with Crippen LogP contribution in [-0.2, 0) is 16.0 Å². The highest BCUT2D eigenvalue weighted by Gasteiger charge is 2.22. The largest absolute Gasteiger partial charge is 0.484 e. The van der Waals surface area contributed by atoms with Gasteiger partial charge in [-0.15, -0.1) is 11.3 Å². The summed E-state index contributed by atoms with van der Waals surface area (Å²) in [6, 6.07) is 25.6. The molecule has 0 saturated carbocycles. The van der Waals surface area contributed by atoms with E-state index in [1.165, 1.54) is 24.0 Å². The lowest BCUT2D eigenvalue weighted by Gasteiger charge is -2.10. The molecule has 6 heteroatoms. The molecule has 0 fully saturated rings. The van der Waals surface area contributed by atoms with Gasteiger partial charge in [0, 0.05) is 10.9 Å². The predicted molar refractivity (Wildman–Crippen MR) is 136 cm³/mol. The Morgan fingerprint density at radius 3 is 2.15 bits per heavy atom. The average molecular weight is 472 g/mol. The van der Waals surface area contributed by atoms with Gasteiger partial charge in [0.05, 0.1) is 7.11 Å². The van der Waals surface area contributed by atoms with E-state index in [4.69, 9.17) is 9.47 Å². The first-order valence-electron chi connectivity index (χ1n) is 11.0. The number of benzene rings is 3. The van der Waals surface area contributed by atoms with Gasteiger partial charge < -0.3 is 14.8 Å². The summed E-state index contributed by atoms with van der Waals surface area (Å²) in [4.78, 5) is 25.1. The summed E-state index contributed by atoms with van der Waals surface area (Å²) >= 11 is 1.29. The minimum atomic E-state index is -0.497. The average Bonchev–Trinajstić information content (AvgIpc) is 3.31. The van der Waals surface area contributed by atoms with Crippen molar-refractivity contribution in [3.05, 3.63) is 95.4 Å². The number of hydrogen-bond acceptors (Lipinski definition) is 5. The standard InChI is InChI=1S/C28H25NO4S/c1-3-19-9-11-22(12-10-19)24-18-34-27(26(24)28(31)32-2)29-25(30)17-33-23-15-13-21(14-16-23)20-7-5-4-6-8-20/h4-16,18H,3,17H2,1-2H3,(H,29,30). The van der Waals surface area contributed by atoms with Gasteiger partial charge in [-0.05, 0) is 40.8 Å². The van der Waals surface area contributed by atoms with E-state index >= 15 is 0 Å². The summed E-state index contributed by atoms with van der Waals surface area (Å²) in [5.41, 5.74) is 5.35. The van der Waals surface area contributed by atoms with Crippen molar-refractivity contribution < 1.29 is 19.1 Å². The Kier molecular flexibility index (Phi) is 7.40. The third kappa shape index (κ3) is 5.35. The van der Waals surface area contributed by atoms with E-state index in [1.54, 1.807) is 0 Å². The Morgan fingerprint density at radius 2 is 1.50 bits per heavy atom. The van der Waals surface area contributed by atoms with Crippen LogP contribution in [0.3, 0.4) is 0 Å². The number of rotatable bonds is 8. The third-order valence-corrected chi connectivity index (χ3v) is 6.33. The fraction of sp³-hybridized carbons (Fsp3) is 0.143. The zero-order valence-electron chi connectivity index (χ0n) is 19.0. The molecule has 3 aromatic carbocycles. The summed E-state index contributed by atoms with van der Waals surface area (Å²) in [6.07, 6.45) is 0.935. The van der Waals surface area contributed by atoms with Gasteiger partial charge in [0.1, 0.15) is 16.3 Å². The number of ether oxygens (including phenoxy) is 2. The summed E-state index contributed by atoms with van der Waals surface area (Å²) in [5.74, 6) is -0.263. The molecule has 0 radical (unpaired) electrons. The maximum absolute atomic E-state index is 12.6. The fourth-order valence-electron chi connectivity index (χ4n) is 3.57. The minimum Gasteiger partial charge on any atom is -0.484 e. The van der Waals surface area contributed by atoms with Gasteiger partial charge in [-0.3, -0.25) is 4.79 Å². The molecular formula is C28H25NO4S. The summed E-state index contributed by atoms with van der Waals surface area (Å²) in [6.45, 7) is 1.91. The van der Waals surface area contributed by atoms with Crippen LogP contribution in [-0.4, -0.2) is 25.6 Å². The zero-order valence-corrected chi connectivity index (χ0v) is 19.9. The van der Waals surface area contributed by atoms with E-state index < -0.39 is 5.97 Å². The highest BCUT2D eigenvalue weighted by molar-refractivity contribution is 7.15. The third-order valence-electron chi connectivity index (χ3n) is 5.44. The molecular weight excluding hydrogens is 446 g/mol. The van der Waals surface area contributed by atoms with Crippen molar-refractivity contribution in [2.24, 2.45) is 0 Å². The molecule has 1 aromatic heterocycles.